The first-order chi connectivity index (χ1) is 7.97. The Morgan fingerprint density at radius 3 is 2.24 bits per heavy atom. The predicted octanol–water partition coefficient (Wildman–Crippen LogP) is 1.21. The summed E-state index contributed by atoms with van der Waals surface area (Å²) in [7, 11) is 0. The fourth-order valence-corrected chi connectivity index (χ4v) is 1.70. The zero-order chi connectivity index (χ0) is 12.6. The zero-order valence-corrected chi connectivity index (χ0v) is 10.0. The lowest BCUT2D eigenvalue weighted by atomic mass is 10.4. The van der Waals surface area contributed by atoms with Crippen LogP contribution in [0.25, 0.3) is 0 Å². The summed E-state index contributed by atoms with van der Waals surface area (Å²) < 4.78 is 3.42. The van der Waals surface area contributed by atoms with Crippen molar-refractivity contribution in [1.29, 1.82) is 0 Å². The number of aryl methyl sites for hydroxylation is 3. The van der Waals surface area contributed by atoms with E-state index in [4.69, 9.17) is 5.11 Å². The average Bonchev–Trinajstić information content (AvgIpc) is 2.73. The van der Waals surface area contributed by atoms with Crippen molar-refractivity contribution in [3.05, 3.63) is 34.9 Å². The number of aromatic carboxylic acids is 1. The van der Waals surface area contributed by atoms with Gasteiger partial charge < -0.3 is 5.11 Å². The van der Waals surface area contributed by atoms with E-state index < -0.39 is 5.97 Å². The summed E-state index contributed by atoms with van der Waals surface area (Å²) >= 11 is 0. The molecule has 90 valence electrons. The third-order valence-corrected chi connectivity index (χ3v) is 2.57. The fraction of sp³-hybridized carbons (Fsp3) is 0.364. The van der Waals surface area contributed by atoms with Crippen LogP contribution in [-0.4, -0.2) is 30.6 Å². The van der Waals surface area contributed by atoms with Crippen LogP contribution in [0.5, 0.6) is 0 Å². The minimum Gasteiger partial charge on any atom is -0.476 e. The van der Waals surface area contributed by atoms with Crippen LogP contribution >= 0.6 is 0 Å². The highest BCUT2D eigenvalue weighted by atomic mass is 16.4. The van der Waals surface area contributed by atoms with Gasteiger partial charge in [0.15, 0.2) is 5.69 Å². The van der Waals surface area contributed by atoms with Crippen LogP contribution in [0.3, 0.4) is 0 Å². The standard InChI is InChI=1S/C11H14N4O2/c1-7-4-8(2)14(12-7)6-15-9(3)5-10(13-15)11(16)17/h4-5H,6H2,1-3H3,(H,16,17). The van der Waals surface area contributed by atoms with Crippen molar-refractivity contribution in [2.45, 2.75) is 27.4 Å². The molecule has 6 heteroatoms. The van der Waals surface area contributed by atoms with E-state index in [1.807, 2.05) is 26.8 Å². The van der Waals surface area contributed by atoms with E-state index >= 15 is 0 Å². The minimum absolute atomic E-state index is 0.0593. The molecule has 2 heterocycles. The van der Waals surface area contributed by atoms with Crippen LogP contribution in [0.4, 0.5) is 0 Å². The SMILES string of the molecule is Cc1cc(C)n(Cn2nc(C(=O)O)cc2C)n1. The molecule has 0 unspecified atom stereocenters. The molecule has 0 saturated heterocycles. The molecular formula is C11H14N4O2. The van der Waals surface area contributed by atoms with Crippen LogP contribution in [0.1, 0.15) is 27.6 Å². The predicted molar refractivity (Wildman–Crippen MR) is 61.0 cm³/mol. The molecule has 17 heavy (non-hydrogen) atoms. The van der Waals surface area contributed by atoms with Gasteiger partial charge in [0.25, 0.3) is 0 Å². The molecule has 0 fully saturated rings. The summed E-state index contributed by atoms with van der Waals surface area (Å²) in [5, 5.41) is 17.2. The quantitative estimate of drug-likeness (QED) is 0.866. The number of nitrogens with zero attached hydrogens (tertiary/aromatic N) is 4. The number of hydrogen-bond acceptors (Lipinski definition) is 3. The minimum atomic E-state index is -1.01. The molecule has 0 atom stereocenters. The summed E-state index contributed by atoms with van der Waals surface area (Å²) in [4.78, 5) is 10.8. The second kappa shape index (κ2) is 4.04. The molecule has 0 aliphatic heterocycles. The van der Waals surface area contributed by atoms with E-state index in [-0.39, 0.29) is 5.69 Å². The fourth-order valence-electron chi connectivity index (χ4n) is 1.70. The summed E-state index contributed by atoms with van der Waals surface area (Å²) in [5.74, 6) is -1.01. The molecule has 6 nitrogen and oxygen atoms in total. The summed E-state index contributed by atoms with van der Waals surface area (Å²) in [6, 6.07) is 3.52. The number of aromatic nitrogens is 4. The molecule has 2 rings (SSSR count). The van der Waals surface area contributed by atoms with E-state index in [1.54, 1.807) is 15.4 Å². The van der Waals surface area contributed by atoms with Crippen LogP contribution in [-0.2, 0) is 6.67 Å². The Morgan fingerprint density at radius 1 is 1.18 bits per heavy atom. The molecule has 0 aliphatic carbocycles. The van der Waals surface area contributed by atoms with Crippen molar-refractivity contribution in [2.75, 3.05) is 0 Å². The lowest BCUT2D eigenvalue weighted by molar-refractivity contribution is 0.0689. The Labute approximate surface area is 98.5 Å². The second-order valence-corrected chi connectivity index (χ2v) is 4.04. The van der Waals surface area contributed by atoms with Gasteiger partial charge in [-0.2, -0.15) is 10.2 Å². The first-order valence-electron chi connectivity index (χ1n) is 5.26. The summed E-state index contributed by atoms with van der Waals surface area (Å²) in [6.45, 7) is 6.13. The topological polar surface area (TPSA) is 72.9 Å². The molecule has 1 N–H and O–H groups in total. The van der Waals surface area contributed by atoms with Gasteiger partial charge in [-0.15, -0.1) is 0 Å². The van der Waals surface area contributed by atoms with Gasteiger partial charge in [0.2, 0.25) is 0 Å². The molecule has 0 amide bonds. The number of carboxylic acid groups (broad SMARTS) is 1. The largest absolute Gasteiger partial charge is 0.476 e. The highest BCUT2D eigenvalue weighted by molar-refractivity contribution is 5.85. The van der Waals surface area contributed by atoms with Gasteiger partial charge in [0.1, 0.15) is 6.67 Å². The van der Waals surface area contributed by atoms with Gasteiger partial charge in [-0.3, -0.25) is 0 Å². The van der Waals surface area contributed by atoms with Crippen LogP contribution in [0.15, 0.2) is 12.1 Å². The van der Waals surface area contributed by atoms with Gasteiger partial charge in [0, 0.05) is 11.4 Å². The highest BCUT2D eigenvalue weighted by Gasteiger charge is 2.11. The van der Waals surface area contributed by atoms with Crippen molar-refractivity contribution in [3.8, 4) is 0 Å². The van der Waals surface area contributed by atoms with E-state index in [0.717, 1.165) is 17.1 Å². The highest BCUT2D eigenvalue weighted by Crippen LogP contribution is 2.06. The average molecular weight is 234 g/mol. The van der Waals surface area contributed by atoms with E-state index in [1.165, 1.54) is 0 Å². The van der Waals surface area contributed by atoms with E-state index in [2.05, 4.69) is 10.2 Å². The maximum Gasteiger partial charge on any atom is 0.356 e. The lowest BCUT2D eigenvalue weighted by Gasteiger charge is -2.06. The third-order valence-electron chi connectivity index (χ3n) is 2.57. The van der Waals surface area contributed by atoms with Gasteiger partial charge in [-0.25, -0.2) is 14.2 Å². The van der Waals surface area contributed by atoms with Crippen LogP contribution < -0.4 is 0 Å². The number of rotatable bonds is 3. The number of carboxylic acids is 1. The van der Waals surface area contributed by atoms with Crippen molar-refractivity contribution in [2.24, 2.45) is 0 Å². The molecule has 0 saturated carbocycles. The molecule has 2 aromatic heterocycles. The van der Waals surface area contributed by atoms with Crippen LogP contribution in [0, 0.1) is 20.8 Å². The van der Waals surface area contributed by atoms with Gasteiger partial charge in [0.05, 0.1) is 5.69 Å². The Bertz CT molecular complexity index is 568. The molecule has 2 aromatic rings. The van der Waals surface area contributed by atoms with Crippen molar-refractivity contribution >= 4 is 5.97 Å². The van der Waals surface area contributed by atoms with Crippen LogP contribution in [0.2, 0.25) is 0 Å². The molecule has 0 radical (unpaired) electrons. The lowest BCUT2D eigenvalue weighted by Crippen LogP contribution is -2.14. The Balaban J connectivity index is 2.30. The van der Waals surface area contributed by atoms with Crippen molar-refractivity contribution in [3.63, 3.8) is 0 Å². The number of carbonyl (C=O) groups is 1. The Morgan fingerprint density at radius 2 is 1.76 bits per heavy atom. The Hall–Kier alpha value is -2.11. The van der Waals surface area contributed by atoms with Gasteiger partial charge >= 0.3 is 5.97 Å². The van der Waals surface area contributed by atoms with Crippen molar-refractivity contribution in [1.82, 2.24) is 19.6 Å². The maximum atomic E-state index is 10.8. The molecule has 0 spiro atoms. The number of hydrogen-bond donors (Lipinski definition) is 1. The summed E-state index contributed by atoms with van der Waals surface area (Å²) in [6.07, 6.45) is 0. The third kappa shape index (κ3) is 2.20. The normalized spacial score (nSPS) is 10.8. The molecule has 0 aromatic carbocycles. The van der Waals surface area contributed by atoms with E-state index in [9.17, 15) is 4.79 Å². The molecular weight excluding hydrogens is 220 g/mol. The molecule has 0 bridgehead atoms. The van der Waals surface area contributed by atoms with Gasteiger partial charge in [-0.1, -0.05) is 0 Å². The first kappa shape index (κ1) is 11.4. The zero-order valence-electron chi connectivity index (χ0n) is 10.0. The van der Waals surface area contributed by atoms with Crippen molar-refractivity contribution < 1.29 is 9.90 Å². The maximum absolute atomic E-state index is 10.8. The smallest absolute Gasteiger partial charge is 0.356 e. The second-order valence-electron chi connectivity index (χ2n) is 4.04. The summed E-state index contributed by atoms with van der Waals surface area (Å²) in [5.41, 5.74) is 2.82. The van der Waals surface area contributed by atoms with Gasteiger partial charge in [-0.05, 0) is 32.9 Å². The monoisotopic (exact) mass is 234 g/mol. The first-order valence-corrected chi connectivity index (χ1v) is 5.26. The van der Waals surface area contributed by atoms with E-state index in [0.29, 0.717) is 6.67 Å². The Kier molecular flexibility index (Phi) is 2.71. The molecule has 0 aliphatic rings.